The van der Waals surface area contributed by atoms with Gasteiger partial charge in [-0.1, -0.05) is 13.8 Å². The zero-order valence-electron chi connectivity index (χ0n) is 13.4. The van der Waals surface area contributed by atoms with E-state index in [0.29, 0.717) is 30.9 Å². The fourth-order valence-electron chi connectivity index (χ4n) is 1.43. The second-order valence-electron chi connectivity index (χ2n) is 5.27. The Kier molecular flexibility index (Phi) is 6.91. The van der Waals surface area contributed by atoms with Crippen molar-refractivity contribution >= 4 is 21.9 Å². The van der Waals surface area contributed by atoms with Gasteiger partial charge in [0, 0.05) is 26.6 Å². The molecular weight excluding hydrogens is 308 g/mol. The Morgan fingerprint density at radius 2 is 1.91 bits per heavy atom. The lowest BCUT2D eigenvalue weighted by Crippen LogP contribution is -2.22. The number of anilines is 2. The van der Waals surface area contributed by atoms with Crippen molar-refractivity contribution in [1.29, 1.82) is 0 Å². The van der Waals surface area contributed by atoms with Crippen LogP contribution in [0.25, 0.3) is 0 Å². The average Bonchev–Trinajstić information content (AvgIpc) is 2.41. The van der Waals surface area contributed by atoms with Crippen molar-refractivity contribution < 1.29 is 13.2 Å². The Balaban J connectivity index is 2.51. The van der Waals surface area contributed by atoms with Crippen molar-refractivity contribution in [1.82, 2.24) is 15.0 Å². The van der Waals surface area contributed by atoms with E-state index in [0.717, 1.165) is 0 Å². The molecule has 22 heavy (non-hydrogen) atoms. The molecule has 0 atom stereocenters. The van der Waals surface area contributed by atoms with Gasteiger partial charge in [0.15, 0.2) is 0 Å². The van der Waals surface area contributed by atoms with Crippen molar-refractivity contribution in [3.63, 3.8) is 0 Å². The van der Waals surface area contributed by atoms with Crippen LogP contribution in [0.2, 0.25) is 0 Å². The predicted octanol–water partition coefficient (Wildman–Crippen LogP) is -0.222. The minimum atomic E-state index is -3.48. The fraction of sp³-hybridized carbons (Fsp3) is 0.750. The normalized spacial score (nSPS) is 11.7. The molecule has 10 heteroatoms. The van der Waals surface area contributed by atoms with Gasteiger partial charge in [-0.05, 0) is 0 Å². The molecule has 0 aliphatic rings. The lowest BCUT2D eigenvalue weighted by molar-refractivity contribution is 0.159. The summed E-state index contributed by atoms with van der Waals surface area (Å²) in [5.74, 6) is 1.75. The van der Waals surface area contributed by atoms with Crippen molar-refractivity contribution in [2.24, 2.45) is 5.14 Å². The third kappa shape index (κ3) is 6.96. The Bertz CT molecular complexity index is 550. The Morgan fingerprint density at radius 3 is 2.45 bits per heavy atom. The highest BCUT2D eigenvalue weighted by Crippen LogP contribution is 2.14. The molecule has 3 N–H and O–H groups in total. The number of rotatable bonds is 9. The van der Waals surface area contributed by atoms with Gasteiger partial charge in [0.25, 0.3) is 0 Å². The van der Waals surface area contributed by atoms with Gasteiger partial charge >= 0.3 is 0 Å². The Labute approximate surface area is 131 Å². The summed E-state index contributed by atoms with van der Waals surface area (Å²) in [6, 6.07) is 0. The van der Waals surface area contributed by atoms with Gasteiger partial charge in [-0.25, -0.2) is 13.6 Å². The molecule has 0 aliphatic carbocycles. The SMILES string of the molecule is CC(C)c1nc(NCCOCCS(N)(=O)=O)nc(N(C)C)n1. The van der Waals surface area contributed by atoms with E-state index in [1.165, 1.54) is 0 Å². The first kappa shape index (κ1) is 18.5. The highest BCUT2D eigenvalue weighted by molar-refractivity contribution is 7.89. The third-order valence-electron chi connectivity index (χ3n) is 2.60. The van der Waals surface area contributed by atoms with Gasteiger partial charge in [0.05, 0.1) is 19.0 Å². The molecular formula is C12H24N6O3S. The molecule has 0 aliphatic heterocycles. The molecule has 1 heterocycles. The van der Waals surface area contributed by atoms with Crippen molar-refractivity contribution in [3.05, 3.63) is 5.82 Å². The molecule has 1 rings (SSSR count). The third-order valence-corrected chi connectivity index (χ3v) is 3.33. The van der Waals surface area contributed by atoms with E-state index in [-0.39, 0.29) is 18.3 Å². The Hall–Kier alpha value is -1.52. The highest BCUT2D eigenvalue weighted by Gasteiger charge is 2.10. The van der Waals surface area contributed by atoms with E-state index in [4.69, 9.17) is 9.88 Å². The Morgan fingerprint density at radius 1 is 1.23 bits per heavy atom. The molecule has 9 nitrogen and oxygen atoms in total. The molecule has 0 amide bonds. The standard InChI is InChI=1S/C12H24N6O3S/c1-9(2)10-15-11(17-12(16-10)18(3)4)14-5-6-21-7-8-22(13,19)20/h9H,5-8H2,1-4H3,(H2,13,19,20)(H,14,15,16,17). The molecule has 0 radical (unpaired) electrons. The minimum absolute atomic E-state index is 0.0674. The van der Waals surface area contributed by atoms with Crippen LogP contribution in [0.1, 0.15) is 25.6 Å². The molecule has 0 fully saturated rings. The van der Waals surface area contributed by atoms with Gasteiger partial charge in [0.2, 0.25) is 21.9 Å². The second kappa shape index (κ2) is 8.20. The first-order valence-electron chi connectivity index (χ1n) is 6.94. The van der Waals surface area contributed by atoms with Gasteiger partial charge in [0.1, 0.15) is 5.82 Å². The number of ether oxygens (including phenoxy) is 1. The monoisotopic (exact) mass is 332 g/mol. The maximum atomic E-state index is 10.7. The number of nitrogens with two attached hydrogens (primary N) is 1. The smallest absolute Gasteiger partial charge is 0.229 e. The van der Waals surface area contributed by atoms with Crippen molar-refractivity contribution in [2.45, 2.75) is 19.8 Å². The number of nitrogens with one attached hydrogen (secondary N) is 1. The number of nitrogens with zero attached hydrogens (tertiary/aromatic N) is 4. The van der Waals surface area contributed by atoms with E-state index in [2.05, 4.69) is 20.3 Å². The van der Waals surface area contributed by atoms with Crippen molar-refractivity contribution in [2.75, 3.05) is 49.8 Å². The summed E-state index contributed by atoms with van der Waals surface area (Å²) < 4.78 is 26.7. The molecule has 0 bridgehead atoms. The van der Waals surface area contributed by atoms with Gasteiger partial charge in [-0.3, -0.25) is 0 Å². The van der Waals surface area contributed by atoms with Crippen LogP contribution in [0.4, 0.5) is 11.9 Å². The van der Waals surface area contributed by atoms with E-state index in [1.807, 2.05) is 27.9 Å². The van der Waals surface area contributed by atoms with Crippen LogP contribution >= 0.6 is 0 Å². The van der Waals surface area contributed by atoms with E-state index in [1.54, 1.807) is 4.90 Å². The van der Waals surface area contributed by atoms with Crippen LogP contribution in [0, 0.1) is 0 Å². The van der Waals surface area contributed by atoms with Gasteiger partial charge in [-0.15, -0.1) is 0 Å². The average molecular weight is 332 g/mol. The van der Waals surface area contributed by atoms with Crippen LogP contribution in [0.15, 0.2) is 0 Å². The molecule has 0 saturated heterocycles. The summed E-state index contributed by atoms with van der Waals surface area (Å²) in [5.41, 5.74) is 0. The first-order valence-corrected chi connectivity index (χ1v) is 8.66. The van der Waals surface area contributed by atoms with E-state index in [9.17, 15) is 8.42 Å². The summed E-state index contributed by atoms with van der Waals surface area (Å²) in [5, 5.41) is 7.91. The van der Waals surface area contributed by atoms with Crippen LogP contribution in [0.5, 0.6) is 0 Å². The maximum Gasteiger partial charge on any atom is 0.229 e. The molecule has 1 aromatic rings. The lowest BCUT2D eigenvalue weighted by Gasteiger charge is -2.14. The van der Waals surface area contributed by atoms with Crippen LogP contribution in [-0.4, -0.2) is 63.0 Å². The number of sulfonamides is 1. The second-order valence-corrected chi connectivity index (χ2v) is 7.01. The number of hydrogen-bond acceptors (Lipinski definition) is 8. The van der Waals surface area contributed by atoms with Crippen LogP contribution in [0.3, 0.4) is 0 Å². The molecule has 0 spiro atoms. The van der Waals surface area contributed by atoms with Gasteiger partial charge < -0.3 is 15.0 Å². The number of aromatic nitrogens is 3. The zero-order chi connectivity index (χ0) is 16.8. The molecule has 0 saturated carbocycles. The van der Waals surface area contributed by atoms with Gasteiger partial charge in [-0.2, -0.15) is 15.0 Å². The molecule has 0 unspecified atom stereocenters. The summed E-state index contributed by atoms with van der Waals surface area (Å²) in [4.78, 5) is 14.8. The summed E-state index contributed by atoms with van der Waals surface area (Å²) in [6.45, 7) is 4.87. The zero-order valence-corrected chi connectivity index (χ0v) is 14.2. The van der Waals surface area contributed by atoms with Crippen molar-refractivity contribution in [3.8, 4) is 0 Å². The number of primary sulfonamides is 1. The quantitative estimate of drug-likeness (QED) is 0.595. The fourth-order valence-corrected chi connectivity index (χ4v) is 1.78. The van der Waals surface area contributed by atoms with Crippen LogP contribution in [-0.2, 0) is 14.8 Å². The summed E-state index contributed by atoms with van der Waals surface area (Å²) in [7, 11) is 0.244. The first-order chi connectivity index (χ1) is 10.2. The largest absolute Gasteiger partial charge is 0.379 e. The minimum Gasteiger partial charge on any atom is -0.379 e. The van der Waals surface area contributed by atoms with Crippen LogP contribution < -0.4 is 15.4 Å². The van der Waals surface area contributed by atoms with E-state index < -0.39 is 10.0 Å². The predicted molar refractivity (Wildman–Crippen MR) is 85.5 cm³/mol. The summed E-state index contributed by atoms with van der Waals surface area (Å²) in [6.07, 6.45) is 0. The maximum absolute atomic E-state index is 10.7. The molecule has 1 aromatic heterocycles. The molecule has 0 aromatic carbocycles. The topological polar surface area (TPSA) is 123 Å². The highest BCUT2D eigenvalue weighted by atomic mass is 32.2. The van der Waals surface area contributed by atoms with E-state index >= 15 is 0 Å². The number of hydrogen-bond donors (Lipinski definition) is 2. The molecule has 126 valence electrons. The lowest BCUT2D eigenvalue weighted by atomic mass is 10.2. The summed E-state index contributed by atoms with van der Waals surface area (Å²) >= 11 is 0.